The number of aromatic nitrogens is 2. The summed E-state index contributed by atoms with van der Waals surface area (Å²) in [5.41, 5.74) is 5.42. The summed E-state index contributed by atoms with van der Waals surface area (Å²) < 4.78 is 0. The van der Waals surface area contributed by atoms with Crippen LogP contribution in [-0.2, 0) is 11.2 Å². The Labute approximate surface area is 168 Å². The van der Waals surface area contributed by atoms with Crippen LogP contribution in [0.25, 0.3) is 21.9 Å². The van der Waals surface area contributed by atoms with Crippen molar-refractivity contribution in [2.75, 3.05) is 5.32 Å². The fourth-order valence-corrected chi connectivity index (χ4v) is 3.65. The van der Waals surface area contributed by atoms with Crippen LogP contribution in [-0.4, -0.2) is 16.1 Å². The van der Waals surface area contributed by atoms with Crippen molar-refractivity contribution in [3.8, 4) is 11.1 Å². The van der Waals surface area contributed by atoms with Gasteiger partial charge < -0.3 is 5.32 Å². The predicted molar refractivity (Wildman–Crippen MR) is 116 cm³/mol. The second-order valence-electron chi connectivity index (χ2n) is 7.08. The monoisotopic (exact) mass is 383 g/mol. The minimum Gasteiger partial charge on any atom is -0.326 e. The van der Waals surface area contributed by atoms with E-state index in [1.807, 2.05) is 61.5 Å². The average molecular weight is 383 g/mol. The van der Waals surface area contributed by atoms with E-state index in [4.69, 9.17) is 0 Å². The van der Waals surface area contributed by atoms with Gasteiger partial charge in [-0.1, -0.05) is 54.6 Å². The lowest BCUT2D eigenvalue weighted by Crippen LogP contribution is -2.13. The highest BCUT2D eigenvalue weighted by molar-refractivity contribution is 5.93. The van der Waals surface area contributed by atoms with Crippen molar-refractivity contribution in [3.63, 3.8) is 0 Å². The standard InChI is InChI=1S/C24H21N3O2/c1-15-20(18-8-10-19(11-9-18)25-16(2)28)12-13-21-22(26-27-24(29)23(15)21)14-17-6-4-3-5-7-17/h3-13H,14H2,1-2H3,(H,25,28)(H,27,29). The number of hydrogen-bond donors (Lipinski definition) is 2. The molecular formula is C24H21N3O2. The van der Waals surface area contributed by atoms with Gasteiger partial charge in [-0.3, -0.25) is 9.59 Å². The Morgan fingerprint density at radius 1 is 1.00 bits per heavy atom. The average Bonchev–Trinajstić information content (AvgIpc) is 2.71. The summed E-state index contributed by atoms with van der Waals surface area (Å²) in [4.78, 5) is 23.8. The van der Waals surface area contributed by atoms with Crippen LogP contribution in [0.2, 0.25) is 0 Å². The third-order valence-corrected chi connectivity index (χ3v) is 5.03. The second kappa shape index (κ2) is 7.72. The number of rotatable bonds is 4. The van der Waals surface area contributed by atoms with Crippen molar-refractivity contribution in [1.82, 2.24) is 10.2 Å². The Morgan fingerprint density at radius 2 is 1.72 bits per heavy atom. The van der Waals surface area contributed by atoms with Crippen LogP contribution in [0, 0.1) is 6.92 Å². The zero-order valence-corrected chi connectivity index (χ0v) is 16.3. The zero-order chi connectivity index (χ0) is 20.4. The molecule has 0 atom stereocenters. The zero-order valence-electron chi connectivity index (χ0n) is 16.3. The van der Waals surface area contributed by atoms with Gasteiger partial charge >= 0.3 is 0 Å². The van der Waals surface area contributed by atoms with Crippen LogP contribution in [0.15, 0.2) is 71.5 Å². The summed E-state index contributed by atoms with van der Waals surface area (Å²) in [6.45, 7) is 3.44. The molecule has 0 bridgehead atoms. The molecule has 2 N–H and O–H groups in total. The smallest absolute Gasteiger partial charge is 0.272 e. The molecule has 5 nitrogen and oxygen atoms in total. The van der Waals surface area contributed by atoms with Gasteiger partial charge in [0.15, 0.2) is 0 Å². The summed E-state index contributed by atoms with van der Waals surface area (Å²) in [6.07, 6.45) is 0.651. The molecule has 0 radical (unpaired) electrons. The normalized spacial score (nSPS) is 10.8. The SMILES string of the molecule is CC(=O)Nc1ccc(-c2ccc3c(Cc4ccccc4)n[nH]c(=O)c3c2C)cc1. The Bertz CT molecular complexity index is 1240. The summed E-state index contributed by atoms with van der Waals surface area (Å²) in [6, 6.07) is 21.7. The second-order valence-corrected chi connectivity index (χ2v) is 7.08. The van der Waals surface area contributed by atoms with E-state index in [9.17, 15) is 9.59 Å². The molecule has 0 spiro atoms. The Kier molecular flexibility index (Phi) is 4.96. The Balaban J connectivity index is 1.78. The maximum Gasteiger partial charge on any atom is 0.272 e. The van der Waals surface area contributed by atoms with Crippen molar-refractivity contribution in [3.05, 3.63) is 93.9 Å². The lowest BCUT2D eigenvalue weighted by Gasteiger charge is -2.12. The van der Waals surface area contributed by atoms with E-state index >= 15 is 0 Å². The van der Waals surface area contributed by atoms with Gasteiger partial charge in [0, 0.05) is 24.4 Å². The number of H-pyrrole nitrogens is 1. The lowest BCUT2D eigenvalue weighted by atomic mass is 9.94. The quantitative estimate of drug-likeness (QED) is 0.547. The van der Waals surface area contributed by atoms with Gasteiger partial charge in [-0.25, -0.2) is 5.10 Å². The molecule has 1 aromatic heterocycles. The van der Waals surface area contributed by atoms with E-state index in [1.54, 1.807) is 0 Å². The van der Waals surface area contributed by atoms with Gasteiger partial charge in [0.05, 0.1) is 11.1 Å². The summed E-state index contributed by atoms with van der Waals surface area (Å²) >= 11 is 0. The summed E-state index contributed by atoms with van der Waals surface area (Å²) in [5, 5.41) is 11.3. The molecule has 0 saturated heterocycles. The van der Waals surface area contributed by atoms with Crippen LogP contribution in [0.1, 0.15) is 23.7 Å². The third-order valence-electron chi connectivity index (χ3n) is 5.03. The van der Waals surface area contributed by atoms with E-state index < -0.39 is 0 Å². The van der Waals surface area contributed by atoms with Crippen molar-refractivity contribution < 1.29 is 4.79 Å². The van der Waals surface area contributed by atoms with Gasteiger partial charge in [-0.2, -0.15) is 5.10 Å². The van der Waals surface area contributed by atoms with Crippen molar-refractivity contribution in [1.29, 1.82) is 0 Å². The molecule has 0 aliphatic carbocycles. The first kappa shape index (κ1) is 18.6. The van der Waals surface area contributed by atoms with E-state index in [0.29, 0.717) is 11.8 Å². The molecule has 0 aliphatic rings. The number of anilines is 1. The first-order valence-electron chi connectivity index (χ1n) is 9.46. The van der Waals surface area contributed by atoms with Crippen LogP contribution < -0.4 is 10.9 Å². The number of nitrogens with one attached hydrogen (secondary N) is 2. The highest BCUT2D eigenvalue weighted by Crippen LogP contribution is 2.30. The number of amides is 1. The Hall–Kier alpha value is -3.73. The topological polar surface area (TPSA) is 74.8 Å². The molecule has 5 heteroatoms. The number of hydrogen-bond acceptors (Lipinski definition) is 3. The summed E-state index contributed by atoms with van der Waals surface area (Å²) in [5.74, 6) is -0.107. The van der Waals surface area contributed by atoms with E-state index in [1.165, 1.54) is 6.92 Å². The van der Waals surface area contributed by atoms with E-state index in [0.717, 1.165) is 39.0 Å². The fraction of sp³-hybridized carbons (Fsp3) is 0.125. The molecular weight excluding hydrogens is 362 g/mol. The first-order valence-corrected chi connectivity index (χ1v) is 9.46. The molecule has 3 aromatic carbocycles. The van der Waals surface area contributed by atoms with Gasteiger partial charge in [-0.15, -0.1) is 0 Å². The molecule has 0 fully saturated rings. The molecule has 0 unspecified atom stereocenters. The molecule has 29 heavy (non-hydrogen) atoms. The van der Waals surface area contributed by atoms with Gasteiger partial charge in [0.1, 0.15) is 0 Å². The van der Waals surface area contributed by atoms with Crippen LogP contribution in [0.3, 0.4) is 0 Å². The third kappa shape index (κ3) is 3.80. The number of fused-ring (bicyclic) bond motifs is 1. The van der Waals surface area contributed by atoms with Gasteiger partial charge in [0.25, 0.3) is 5.56 Å². The molecule has 144 valence electrons. The summed E-state index contributed by atoms with van der Waals surface area (Å²) in [7, 11) is 0. The lowest BCUT2D eigenvalue weighted by molar-refractivity contribution is -0.114. The number of aromatic amines is 1. The van der Waals surface area contributed by atoms with Crippen molar-refractivity contribution in [2.24, 2.45) is 0 Å². The van der Waals surface area contributed by atoms with Crippen LogP contribution in [0.4, 0.5) is 5.69 Å². The maximum atomic E-state index is 12.6. The first-order chi connectivity index (χ1) is 14.0. The van der Waals surface area contributed by atoms with E-state index in [-0.39, 0.29) is 11.5 Å². The minimum absolute atomic E-state index is 0.107. The molecule has 1 heterocycles. The number of carbonyl (C=O) groups is 1. The molecule has 4 aromatic rings. The van der Waals surface area contributed by atoms with Crippen molar-refractivity contribution in [2.45, 2.75) is 20.3 Å². The van der Waals surface area contributed by atoms with E-state index in [2.05, 4.69) is 27.6 Å². The fourth-order valence-electron chi connectivity index (χ4n) is 3.65. The number of benzene rings is 3. The number of carbonyl (C=O) groups excluding carboxylic acids is 1. The predicted octanol–water partition coefficient (Wildman–Crippen LogP) is 4.45. The highest BCUT2D eigenvalue weighted by Gasteiger charge is 2.13. The van der Waals surface area contributed by atoms with Crippen molar-refractivity contribution >= 4 is 22.4 Å². The molecule has 4 rings (SSSR count). The number of nitrogens with zero attached hydrogens (tertiary/aromatic N) is 1. The van der Waals surface area contributed by atoms with Crippen LogP contribution >= 0.6 is 0 Å². The maximum absolute atomic E-state index is 12.6. The van der Waals surface area contributed by atoms with Gasteiger partial charge in [0.2, 0.25) is 5.91 Å². The largest absolute Gasteiger partial charge is 0.326 e. The molecule has 1 amide bonds. The molecule has 0 aliphatic heterocycles. The van der Waals surface area contributed by atoms with Crippen LogP contribution in [0.5, 0.6) is 0 Å². The number of aryl methyl sites for hydroxylation is 1. The highest BCUT2D eigenvalue weighted by atomic mass is 16.1. The Morgan fingerprint density at radius 3 is 2.41 bits per heavy atom. The molecule has 0 saturated carbocycles. The minimum atomic E-state index is -0.189. The van der Waals surface area contributed by atoms with Gasteiger partial charge in [-0.05, 0) is 41.3 Å².